The predicted molar refractivity (Wildman–Crippen MR) is 119 cm³/mol. The number of hydrogen-bond acceptors (Lipinski definition) is 5. The van der Waals surface area contributed by atoms with Crippen molar-refractivity contribution in [2.75, 3.05) is 6.54 Å². The lowest BCUT2D eigenvalue weighted by Crippen LogP contribution is -2.55. The SMILES string of the molecule is CCNC(=NCc1cccc([N+](=O)[O-])c1)NC1CC2CCC(C1)N2C(=O)OC(C)(C)C. The van der Waals surface area contributed by atoms with Crippen molar-refractivity contribution in [1.82, 2.24) is 15.5 Å². The number of benzene rings is 1. The van der Waals surface area contributed by atoms with Crippen LogP contribution in [0.2, 0.25) is 0 Å². The number of nitrogens with one attached hydrogen (secondary N) is 2. The first kappa shape index (κ1) is 22.8. The Morgan fingerprint density at radius 3 is 2.55 bits per heavy atom. The summed E-state index contributed by atoms with van der Waals surface area (Å²) >= 11 is 0. The molecule has 0 saturated carbocycles. The second-order valence-corrected chi connectivity index (χ2v) is 9.21. The molecule has 1 aromatic carbocycles. The third-order valence-corrected chi connectivity index (χ3v) is 5.56. The van der Waals surface area contributed by atoms with Crippen molar-refractivity contribution in [2.45, 2.75) is 83.6 Å². The molecular formula is C22H33N5O4. The number of aliphatic imine (C=N–C) groups is 1. The fourth-order valence-electron chi connectivity index (χ4n) is 4.36. The van der Waals surface area contributed by atoms with Crippen LogP contribution in [0.5, 0.6) is 0 Å². The van der Waals surface area contributed by atoms with E-state index in [0.29, 0.717) is 19.0 Å². The first-order chi connectivity index (χ1) is 14.7. The second-order valence-electron chi connectivity index (χ2n) is 9.21. The van der Waals surface area contributed by atoms with Gasteiger partial charge in [0.25, 0.3) is 5.69 Å². The molecule has 3 rings (SSSR count). The number of fused-ring (bicyclic) bond motifs is 2. The smallest absolute Gasteiger partial charge is 0.410 e. The van der Waals surface area contributed by atoms with Gasteiger partial charge in [0.2, 0.25) is 0 Å². The third-order valence-electron chi connectivity index (χ3n) is 5.56. The van der Waals surface area contributed by atoms with E-state index in [0.717, 1.165) is 31.2 Å². The van der Waals surface area contributed by atoms with Crippen molar-refractivity contribution in [3.8, 4) is 0 Å². The van der Waals surface area contributed by atoms with E-state index in [1.165, 1.54) is 6.07 Å². The predicted octanol–water partition coefficient (Wildman–Crippen LogP) is 3.58. The summed E-state index contributed by atoms with van der Waals surface area (Å²) in [5.41, 5.74) is 0.353. The number of nitro groups is 1. The Bertz CT molecular complexity index is 821. The van der Waals surface area contributed by atoms with Crippen LogP contribution in [-0.2, 0) is 11.3 Å². The summed E-state index contributed by atoms with van der Waals surface area (Å²) in [5, 5.41) is 17.7. The summed E-state index contributed by atoms with van der Waals surface area (Å²) in [6, 6.07) is 7.08. The molecule has 9 nitrogen and oxygen atoms in total. The van der Waals surface area contributed by atoms with E-state index in [2.05, 4.69) is 15.6 Å². The van der Waals surface area contributed by atoms with Crippen molar-refractivity contribution in [3.05, 3.63) is 39.9 Å². The molecule has 2 unspecified atom stereocenters. The maximum Gasteiger partial charge on any atom is 0.410 e. The molecule has 2 aliphatic heterocycles. The molecule has 2 atom stereocenters. The summed E-state index contributed by atoms with van der Waals surface area (Å²) in [6.07, 6.45) is 3.45. The van der Waals surface area contributed by atoms with Crippen LogP contribution in [0.15, 0.2) is 29.3 Å². The van der Waals surface area contributed by atoms with E-state index in [1.807, 2.05) is 38.7 Å². The van der Waals surface area contributed by atoms with Crippen LogP contribution >= 0.6 is 0 Å². The lowest BCUT2D eigenvalue weighted by Gasteiger charge is -2.40. The highest BCUT2D eigenvalue weighted by Gasteiger charge is 2.45. The topological polar surface area (TPSA) is 109 Å². The molecule has 0 spiro atoms. The molecule has 2 heterocycles. The second kappa shape index (κ2) is 9.53. The van der Waals surface area contributed by atoms with Crippen molar-refractivity contribution >= 4 is 17.7 Å². The minimum Gasteiger partial charge on any atom is -0.444 e. The molecule has 2 N–H and O–H groups in total. The third kappa shape index (κ3) is 6.08. The van der Waals surface area contributed by atoms with Crippen LogP contribution in [0, 0.1) is 10.1 Å². The Morgan fingerprint density at radius 1 is 1.29 bits per heavy atom. The van der Waals surface area contributed by atoms with Gasteiger partial charge in [-0.25, -0.2) is 9.79 Å². The molecule has 31 heavy (non-hydrogen) atoms. The Kier molecular flexibility index (Phi) is 7.02. The molecule has 0 aromatic heterocycles. The summed E-state index contributed by atoms with van der Waals surface area (Å²) in [7, 11) is 0. The zero-order chi connectivity index (χ0) is 22.6. The lowest BCUT2D eigenvalue weighted by atomic mass is 9.98. The average molecular weight is 432 g/mol. The van der Waals surface area contributed by atoms with Crippen LogP contribution in [0.3, 0.4) is 0 Å². The molecule has 2 fully saturated rings. The van der Waals surface area contributed by atoms with Crippen LogP contribution < -0.4 is 10.6 Å². The first-order valence-electron chi connectivity index (χ1n) is 11.0. The number of piperidine rings is 1. The van der Waals surface area contributed by atoms with Gasteiger partial charge in [-0.1, -0.05) is 12.1 Å². The van der Waals surface area contributed by atoms with Crippen molar-refractivity contribution < 1.29 is 14.5 Å². The zero-order valence-electron chi connectivity index (χ0n) is 18.8. The largest absolute Gasteiger partial charge is 0.444 e. The summed E-state index contributed by atoms with van der Waals surface area (Å²) in [4.78, 5) is 29.8. The number of ether oxygens (including phenoxy) is 1. The number of guanidine groups is 1. The van der Waals surface area contributed by atoms with Gasteiger partial charge < -0.3 is 20.3 Å². The van der Waals surface area contributed by atoms with Gasteiger partial charge in [-0.2, -0.15) is 0 Å². The number of rotatable bonds is 5. The summed E-state index contributed by atoms with van der Waals surface area (Å²) in [6.45, 7) is 8.73. The maximum absolute atomic E-state index is 12.6. The van der Waals surface area contributed by atoms with Gasteiger partial charge in [-0.3, -0.25) is 10.1 Å². The average Bonchev–Trinajstić information content (AvgIpc) is 2.96. The molecule has 9 heteroatoms. The molecule has 2 bridgehead atoms. The van der Waals surface area contributed by atoms with Gasteiger partial charge in [0.1, 0.15) is 5.60 Å². The highest BCUT2D eigenvalue weighted by atomic mass is 16.6. The minimum atomic E-state index is -0.497. The van der Waals surface area contributed by atoms with Crippen LogP contribution in [0.1, 0.15) is 58.9 Å². The van der Waals surface area contributed by atoms with Gasteiger partial charge in [0, 0.05) is 36.8 Å². The number of hydrogen-bond donors (Lipinski definition) is 2. The lowest BCUT2D eigenvalue weighted by molar-refractivity contribution is -0.384. The van der Waals surface area contributed by atoms with Crippen LogP contribution in [0.25, 0.3) is 0 Å². The molecule has 1 amide bonds. The first-order valence-corrected chi connectivity index (χ1v) is 11.0. The molecule has 2 saturated heterocycles. The number of nitro benzene ring substituents is 1. The highest BCUT2D eigenvalue weighted by Crippen LogP contribution is 2.36. The maximum atomic E-state index is 12.6. The highest BCUT2D eigenvalue weighted by molar-refractivity contribution is 5.80. The molecule has 1 aromatic rings. The van der Waals surface area contributed by atoms with Crippen molar-refractivity contribution in [1.29, 1.82) is 0 Å². The van der Waals surface area contributed by atoms with E-state index in [-0.39, 0.29) is 29.9 Å². The number of nitrogens with zero attached hydrogens (tertiary/aromatic N) is 3. The van der Waals surface area contributed by atoms with E-state index in [9.17, 15) is 14.9 Å². The Morgan fingerprint density at radius 2 is 1.97 bits per heavy atom. The van der Waals surface area contributed by atoms with Crippen LogP contribution in [-0.4, -0.2) is 52.1 Å². The fraction of sp³-hybridized carbons (Fsp3) is 0.636. The Balaban J connectivity index is 1.63. The molecule has 170 valence electrons. The molecule has 0 radical (unpaired) electrons. The number of amides is 1. The van der Waals surface area contributed by atoms with E-state index in [4.69, 9.17) is 4.74 Å². The molecule has 2 aliphatic rings. The van der Waals surface area contributed by atoms with Gasteiger partial charge in [0.15, 0.2) is 5.96 Å². The fourth-order valence-corrected chi connectivity index (χ4v) is 4.36. The van der Waals surface area contributed by atoms with Gasteiger partial charge >= 0.3 is 6.09 Å². The Hall–Kier alpha value is -2.84. The zero-order valence-corrected chi connectivity index (χ0v) is 18.8. The monoisotopic (exact) mass is 431 g/mol. The van der Waals surface area contributed by atoms with Gasteiger partial charge in [-0.05, 0) is 58.9 Å². The summed E-state index contributed by atoms with van der Waals surface area (Å²) < 4.78 is 5.61. The van der Waals surface area contributed by atoms with E-state index < -0.39 is 10.5 Å². The van der Waals surface area contributed by atoms with E-state index >= 15 is 0 Å². The van der Waals surface area contributed by atoms with Crippen molar-refractivity contribution in [3.63, 3.8) is 0 Å². The minimum absolute atomic E-state index is 0.0664. The number of carbonyl (C=O) groups is 1. The molecule has 0 aliphatic carbocycles. The van der Waals surface area contributed by atoms with Gasteiger partial charge in [0.05, 0.1) is 11.5 Å². The normalized spacial score (nSPS) is 23.4. The standard InChI is InChI=1S/C22H33N5O4/c1-5-23-20(24-14-15-7-6-8-19(11-15)27(29)30)25-16-12-17-9-10-18(13-16)26(17)21(28)31-22(2,3)4/h6-8,11,16-18H,5,9-10,12-14H2,1-4H3,(H2,23,24,25). The van der Waals surface area contributed by atoms with E-state index in [1.54, 1.807) is 12.1 Å². The van der Waals surface area contributed by atoms with Crippen molar-refractivity contribution in [2.24, 2.45) is 4.99 Å². The van der Waals surface area contributed by atoms with Crippen LogP contribution in [0.4, 0.5) is 10.5 Å². The number of carbonyl (C=O) groups excluding carboxylic acids is 1. The quantitative estimate of drug-likeness (QED) is 0.319. The summed E-state index contributed by atoms with van der Waals surface area (Å²) in [5.74, 6) is 0.684. The molecular weight excluding hydrogens is 398 g/mol. The van der Waals surface area contributed by atoms with Gasteiger partial charge in [-0.15, -0.1) is 0 Å². The number of non-ortho nitro benzene ring substituents is 1. The Labute approximate surface area is 183 Å².